The number of halogens is 1. The summed E-state index contributed by atoms with van der Waals surface area (Å²) < 4.78 is 5.81. The van der Waals surface area contributed by atoms with Crippen LogP contribution in [0.15, 0.2) is 35.1 Å². The molecule has 100 valence electrons. The lowest BCUT2D eigenvalue weighted by Crippen LogP contribution is -2.11. The Labute approximate surface area is 119 Å². The van der Waals surface area contributed by atoms with Crippen LogP contribution in [0.25, 0.3) is 0 Å². The Hall–Kier alpha value is -1.86. The predicted octanol–water partition coefficient (Wildman–Crippen LogP) is 2.15. The van der Waals surface area contributed by atoms with Crippen LogP contribution in [0, 0.1) is 0 Å². The fourth-order valence-corrected chi connectivity index (χ4v) is 1.98. The molecule has 0 saturated heterocycles. The van der Waals surface area contributed by atoms with Crippen LogP contribution < -0.4 is 21.3 Å². The van der Waals surface area contributed by atoms with Crippen molar-refractivity contribution in [3.8, 4) is 5.75 Å². The molecular formula is C12H14BrN5O. The molecule has 0 aliphatic rings. The van der Waals surface area contributed by atoms with E-state index < -0.39 is 0 Å². The summed E-state index contributed by atoms with van der Waals surface area (Å²) in [5.74, 6) is 7.40. The molecule has 1 heterocycles. The minimum Gasteiger partial charge on any atom is -0.497 e. The lowest BCUT2D eigenvalue weighted by molar-refractivity contribution is 0.414. The van der Waals surface area contributed by atoms with Gasteiger partial charge >= 0.3 is 0 Å². The quantitative estimate of drug-likeness (QED) is 0.577. The van der Waals surface area contributed by atoms with Crippen molar-refractivity contribution in [1.29, 1.82) is 0 Å². The number of hydrogen-bond donors (Lipinski definition) is 3. The number of anilines is 2. The third-order valence-electron chi connectivity index (χ3n) is 2.55. The van der Waals surface area contributed by atoms with Crippen LogP contribution in [0.3, 0.4) is 0 Å². The van der Waals surface area contributed by atoms with Crippen LogP contribution in [0.1, 0.15) is 5.56 Å². The summed E-state index contributed by atoms with van der Waals surface area (Å²) in [4.78, 5) is 8.13. The number of nitrogens with two attached hydrogens (primary N) is 1. The van der Waals surface area contributed by atoms with E-state index in [9.17, 15) is 0 Å². The zero-order valence-electron chi connectivity index (χ0n) is 10.4. The lowest BCUT2D eigenvalue weighted by atomic mass is 10.2. The van der Waals surface area contributed by atoms with E-state index in [0.29, 0.717) is 22.7 Å². The Balaban J connectivity index is 2.05. The molecule has 4 N–H and O–H groups in total. The van der Waals surface area contributed by atoms with E-state index in [0.717, 1.165) is 11.3 Å². The van der Waals surface area contributed by atoms with Crippen molar-refractivity contribution in [3.63, 3.8) is 0 Å². The van der Waals surface area contributed by atoms with E-state index in [2.05, 4.69) is 36.6 Å². The molecule has 0 aliphatic heterocycles. The van der Waals surface area contributed by atoms with Gasteiger partial charge < -0.3 is 15.5 Å². The normalized spacial score (nSPS) is 10.1. The molecule has 0 fully saturated rings. The first-order valence-electron chi connectivity index (χ1n) is 5.58. The van der Waals surface area contributed by atoms with E-state index in [1.165, 1.54) is 6.33 Å². The van der Waals surface area contributed by atoms with Gasteiger partial charge in [-0.3, -0.25) is 0 Å². The molecule has 1 aromatic carbocycles. The zero-order valence-corrected chi connectivity index (χ0v) is 11.9. The molecule has 0 unspecified atom stereocenters. The van der Waals surface area contributed by atoms with Crippen molar-refractivity contribution >= 4 is 27.6 Å². The smallest absolute Gasteiger partial charge is 0.159 e. The van der Waals surface area contributed by atoms with E-state index in [1.807, 2.05) is 24.3 Å². The number of nitrogens with zero attached hydrogens (tertiary/aromatic N) is 2. The van der Waals surface area contributed by atoms with E-state index in [1.54, 1.807) is 7.11 Å². The van der Waals surface area contributed by atoms with Crippen molar-refractivity contribution in [3.05, 3.63) is 40.6 Å². The van der Waals surface area contributed by atoms with Crippen molar-refractivity contribution < 1.29 is 4.74 Å². The first kappa shape index (κ1) is 13.6. The summed E-state index contributed by atoms with van der Waals surface area (Å²) in [7, 11) is 1.65. The van der Waals surface area contributed by atoms with Gasteiger partial charge in [-0.2, -0.15) is 0 Å². The number of hydrogen-bond acceptors (Lipinski definition) is 6. The average molecular weight is 324 g/mol. The van der Waals surface area contributed by atoms with E-state index in [4.69, 9.17) is 10.6 Å². The van der Waals surface area contributed by atoms with Crippen LogP contribution in [0.4, 0.5) is 11.6 Å². The van der Waals surface area contributed by atoms with Gasteiger partial charge in [-0.05, 0) is 33.6 Å². The highest BCUT2D eigenvalue weighted by Gasteiger charge is 2.07. The fourth-order valence-electron chi connectivity index (χ4n) is 1.52. The number of ether oxygens (including phenoxy) is 1. The second-order valence-corrected chi connectivity index (χ2v) is 4.52. The van der Waals surface area contributed by atoms with Gasteiger partial charge in [0, 0.05) is 6.54 Å². The first-order valence-corrected chi connectivity index (χ1v) is 6.38. The van der Waals surface area contributed by atoms with Crippen molar-refractivity contribution in [2.24, 2.45) is 5.84 Å². The van der Waals surface area contributed by atoms with Crippen LogP contribution in [0.5, 0.6) is 5.75 Å². The molecule has 0 saturated carbocycles. The van der Waals surface area contributed by atoms with Gasteiger partial charge in [0.1, 0.15) is 22.4 Å². The molecule has 2 aromatic rings. The largest absolute Gasteiger partial charge is 0.497 e. The summed E-state index contributed by atoms with van der Waals surface area (Å²) in [6.07, 6.45) is 1.44. The molecule has 0 radical (unpaired) electrons. The molecule has 1 aromatic heterocycles. The maximum Gasteiger partial charge on any atom is 0.159 e. The molecule has 0 atom stereocenters. The summed E-state index contributed by atoms with van der Waals surface area (Å²) in [6, 6.07) is 7.81. The van der Waals surface area contributed by atoms with Gasteiger partial charge in [-0.25, -0.2) is 15.8 Å². The SMILES string of the molecule is COc1ccc(CNc2ncnc(NN)c2Br)cc1. The van der Waals surface area contributed by atoms with Gasteiger partial charge in [-0.1, -0.05) is 12.1 Å². The van der Waals surface area contributed by atoms with Crippen LogP contribution in [-0.2, 0) is 6.54 Å². The minimum absolute atomic E-state index is 0.534. The summed E-state index contributed by atoms with van der Waals surface area (Å²) in [5, 5.41) is 3.21. The molecule has 0 spiro atoms. The van der Waals surface area contributed by atoms with Crippen molar-refractivity contribution in [1.82, 2.24) is 9.97 Å². The van der Waals surface area contributed by atoms with Crippen LogP contribution in [-0.4, -0.2) is 17.1 Å². The summed E-state index contributed by atoms with van der Waals surface area (Å²) in [5.41, 5.74) is 3.61. The standard InChI is InChI=1S/C12H14BrN5O/c1-19-9-4-2-8(3-5-9)6-15-11-10(13)12(18-14)17-7-16-11/h2-5,7H,6,14H2,1H3,(H2,15,16,17,18). The summed E-state index contributed by atoms with van der Waals surface area (Å²) >= 11 is 3.39. The number of benzene rings is 1. The predicted molar refractivity (Wildman–Crippen MR) is 77.9 cm³/mol. The molecule has 0 aliphatic carbocycles. The maximum absolute atomic E-state index is 5.35. The number of rotatable bonds is 5. The highest BCUT2D eigenvalue weighted by atomic mass is 79.9. The highest BCUT2D eigenvalue weighted by Crippen LogP contribution is 2.26. The van der Waals surface area contributed by atoms with Crippen LogP contribution >= 0.6 is 15.9 Å². The Bertz CT molecular complexity index is 546. The Morgan fingerprint density at radius 1 is 1.21 bits per heavy atom. The Kier molecular flexibility index (Phi) is 4.53. The third-order valence-corrected chi connectivity index (χ3v) is 3.30. The molecule has 2 rings (SSSR count). The van der Waals surface area contributed by atoms with Gasteiger partial charge in [0.15, 0.2) is 5.82 Å². The number of nitrogen functional groups attached to an aromatic ring is 1. The maximum atomic E-state index is 5.35. The average Bonchev–Trinajstić information content (AvgIpc) is 2.47. The number of nitrogens with one attached hydrogen (secondary N) is 2. The number of aromatic nitrogens is 2. The lowest BCUT2D eigenvalue weighted by Gasteiger charge is -2.10. The summed E-state index contributed by atoms with van der Waals surface area (Å²) in [6.45, 7) is 0.642. The Morgan fingerprint density at radius 2 is 1.89 bits per heavy atom. The number of methoxy groups -OCH3 is 1. The molecule has 7 heteroatoms. The monoisotopic (exact) mass is 323 g/mol. The molecular weight excluding hydrogens is 310 g/mol. The molecule has 19 heavy (non-hydrogen) atoms. The van der Waals surface area contributed by atoms with Gasteiger partial charge in [-0.15, -0.1) is 0 Å². The molecule has 6 nitrogen and oxygen atoms in total. The van der Waals surface area contributed by atoms with E-state index in [-0.39, 0.29) is 0 Å². The highest BCUT2D eigenvalue weighted by molar-refractivity contribution is 9.10. The zero-order chi connectivity index (χ0) is 13.7. The number of hydrazine groups is 1. The minimum atomic E-state index is 0.534. The van der Waals surface area contributed by atoms with Crippen LogP contribution in [0.2, 0.25) is 0 Å². The van der Waals surface area contributed by atoms with Crippen molar-refractivity contribution in [2.75, 3.05) is 17.9 Å². The fraction of sp³-hybridized carbons (Fsp3) is 0.167. The second-order valence-electron chi connectivity index (χ2n) is 3.73. The van der Waals surface area contributed by atoms with Gasteiger partial charge in [0.2, 0.25) is 0 Å². The van der Waals surface area contributed by atoms with Gasteiger partial charge in [0.05, 0.1) is 7.11 Å². The Morgan fingerprint density at radius 3 is 2.53 bits per heavy atom. The van der Waals surface area contributed by atoms with E-state index >= 15 is 0 Å². The topological polar surface area (TPSA) is 85.1 Å². The molecule has 0 bridgehead atoms. The van der Waals surface area contributed by atoms with Gasteiger partial charge in [0.25, 0.3) is 0 Å². The molecule has 0 amide bonds. The van der Waals surface area contributed by atoms with Crippen molar-refractivity contribution in [2.45, 2.75) is 6.54 Å². The third kappa shape index (κ3) is 3.33. The second kappa shape index (κ2) is 6.35. The first-order chi connectivity index (χ1) is 9.24.